The third-order valence-corrected chi connectivity index (χ3v) is 4.35. The van der Waals surface area contributed by atoms with E-state index in [-0.39, 0.29) is 41.1 Å². The lowest BCUT2D eigenvalue weighted by atomic mass is 10.1. The molecule has 26 heavy (non-hydrogen) atoms. The van der Waals surface area contributed by atoms with Gasteiger partial charge in [0.05, 0.1) is 5.69 Å². The molecule has 132 valence electrons. The molecule has 2 amide bonds. The maximum atomic E-state index is 13.0. The largest absolute Gasteiger partial charge is 0.365 e. The van der Waals surface area contributed by atoms with Crippen molar-refractivity contribution < 1.29 is 14.0 Å². The molecule has 0 spiro atoms. The maximum absolute atomic E-state index is 13.0. The van der Waals surface area contributed by atoms with Crippen LogP contribution in [0.25, 0.3) is 5.65 Å². The van der Waals surface area contributed by atoms with E-state index in [0.717, 1.165) is 18.4 Å². The van der Waals surface area contributed by atoms with Crippen molar-refractivity contribution in [1.29, 1.82) is 0 Å². The molecule has 0 unspecified atom stereocenters. The molecule has 3 N–H and O–H groups in total. The van der Waals surface area contributed by atoms with Crippen LogP contribution >= 0.6 is 0 Å². The second kappa shape index (κ2) is 6.21. The molecule has 0 radical (unpaired) electrons. The minimum absolute atomic E-state index is 0.189. The number of nitrogens with one attached hydrogen (secondary N) is 1. The Hall–Kier alpha value is -3.29. The standard InChI is InChI=1S/C18H16FN5O2/c19-12-5-1-10(2-6-12)9-22-18(26)13-7-8-21-17-14(16(20)25)15(11-3-4-11)23-24(13)17/h1-2,5-8,11H,3-4,9H2,(H2,20,25)(H,22,26). The zero-order chi connectivity index (χ0) is 18.3. The SMILES string of the molecule is NC(=O)c1c(C2CC2)nn2c(C(=O)NCc3ccc(F)cc3)ccnc12. The van der Waals surface area contributed by atoms with Crippen LogP contribution in [-0.4, -0.2) is 26.4 Å². The van der Waals surface area contributed by atoms with Crippen molar-refractivity contribution in [2.75, 3.05) is 0 Å². The van der Waals surface area contributed by atoms with E-state index in [4.69, 9.17) is 5.73 Å². The number of hydrogen-bond donors (Lipinski definition) is 2. The Morgan fingerprint density at radius 2 is 1.96 bits per heavy atom. The number of carbonyl (C=O) groups excluding carboxylic acids is 2. The topological polar surface area (TPSA) is 102 Å². The van der Waals surface area contributed by atoms with Gasteiger partial charge in [0, 0.05) is 18.7 Å². The molecule has 7 nitrogen and oxygen atoms in total. The quantitative estimate of drug-likeness (QED) is 0.730. The Labute approximate surface area is 148 Å². The van der Waals surface area contributed by atoms with E-state index in [1.54, 1.807) is 12.1 Å². The zero-order valence-corrected chi connectivity index (χ0v) is 13.8. The Morgan fingerprint density at radius 1 is 1.23 bits per heavy atom. The van der Waals surface area contributed by atoms with Gasteiger partial charge in [-0.1, -0.05) is 12.1 Å². The zero-order valence-electron chi connectivity index (χ0n) is 13.8. The lowest BCUT2D eigenvalue weighted by Crippen LogP contribution is -2.25. The molecule has 3 aromatic rings. The van der Waals surface area contributed by atoms with Gasteiger partial charge in [-0.15, -0.1) is 0 Å². The van der Waals surface area contributed by atoms with E-state index in [9.17, 15) is 14.0 Å². The number of carbonyl (C=O) groups is 2. The molecule has 0 atom stereocenters. The van der Waals surface area contributed by atoms with Crippen molar-refractivity contribution in [3.8, 4) is 0 Å². The van der Waals surface area contributed by atoms with Gasteiger partial charge >= 0.3 is 0 Å². The summed E-state index contributed by atoms with van der Waals surface area (Å²) in [6, 6.07) is 7.40. The number of amides is 2. The fraction of sp³-hybridized carbons (Fsp3) is 0.222. The number of hydrogen-bond acceptors (Lipinski definition) is 4. The predicted octanol–water partition coefficient (Wildman–Crippen LogP) is 1.77. The molecule has 2 aromatic heterocycles. The van der Waals surface area contributed by atoms with E-state index in [1.165, 1.54) is 28.9 Å². The number of aromatic nitrogens is 3. The van der Waals surface area contributed by atoms with Gasteiger partial charge in [-0.3, -0.25) is 9.59 Å². The first-order chi connectivity index (χ1) is 12.5. The Kier molecular flexibility index (Phi) is 3.87. The van der Waals surface area contributed by atoms with Crippen molar-refractivity contribution in [2.45, 2.75) is 25.3 Å². The highest BCUT2D eigenvalue weighted by molar-refractivity contribution is 6.01. The molecule has 1 aromatic carbocycles. The summed E-state index contributed by atoms with van der Waals surface area (Å²) in [5, 5.41) is 7.19. The van der Waals surface area contributed by atoms with Crippen molar-refractivity contribution in [3.63, 3.8) is 0 Å². The van der Waals surface area contributed by atoms with Crippen LogP contribution in [0.15, 0.2) is 36.5 Å². The molecular weight excluding hydrogens is 337 g/mol. The average molecular weight is 353 g/mol. The van der Waals surface area contributed by atoms with Crippen LogP contribution in [0.4, 0.5) is 4.39 Å². The monoisotopic (exact) mass is 353 g/mol. The fourth-order valence-electron chi connectivity index (χ4n) is 2.89. The average Bonchev–Trinajstić information content (AvgIpc) is 3.40. The highest BCUT2D eigenvalue weighted by Gasteiger charge is 2.33. The van der Waals surface area contributed by atoms with E-state index in [1.807, 2.05) is 0 Å². The van der Waals surface area contributed by atoms with Gasteiger partial charge in [0.15, 0.2) is 5.65 Å². The summed E-state index contributed by atoms with van der Waals surface area (Å²) in [4.78, 5) is 28.6. The van der Waals surface area contributed by atoms with Gasteiger partial charge < -0.3 is 11.1 Å². The first-order valence-electron chi connectivity index (χ1n) is 8.24. The summed E-state index contributed by atoms with van der Waals surface area (Å²) in [5.74, 6) is -1.12. The van der Waals surface area contributed by atoms with E-state index >= 15 is 0 Å². The van der Waals surface area contributed by atoms with Gasteiger partial charge in [-0.05, 0) is 36.6 Å². The molecule has 1 aliphatic carbocycles. The molecule has 4 rings (SSSR count). The van der Waals surface area contributed by atoms with E-state index in [2.05, 4.69) is 15.4 Å². The van der Waals surface area contributed by atoms with Crippen LogP contribution in [0.3, 0.4) is 0 Å². The second-order valence-electron chi connectivity index (χ2n) is 6.27. The van der Waals surface area contributed by atoms with Gasteiger partial charge in [0.1, 0.15) is 17.1 Å². The molecule has 1 fully saturated rings. The third kappa shape index (κ3) is 2.90. The number of rotatable bonds is 5. The van der Waals surface area contributed by atoms with Gasteiger partial charge in [0.25, 0.3) is 11.8 Å². The Morgan fingerprint density at radius 3 is 2.62 bits per heavy atom. The summed E-state index contributed by atoms with van der Waals surface area (Å²) < 4.78 is 14.3. The summed E-state index contributed by atoms with van der Waals surface area (Å²) in [5.41, 5.74) is 7.69. The van der Waals surface area contributed by atoms with E-state index in [0.29, 0.717) is 5.69 Å². The van der Waals surface area contributed by atoms with Crippen molar-refractivity contribution >= 4 is 17.5 Å². The first-order valence-corrected chi connectivity index (χ1v) is 8.24. The molecule has 8 heteroatoms. The van der Waals surface area contributed by atoms with Crippen molar-refractivity contribution in [2.24, 2.45) is 5.73 Å². The summed E-state index contributed by atoms with van der Waals surface area (Å²) in [7, 11) is 0. The van der Waals surface area contributed by atoms with Crippen LogP contribution in [0.5, 0.6) is 0 Å². The number of nitrogens with zero attached hydrogens (tertiary/aromatic N) is 3. The predicted molar refractivity (Wildman–Crippen MR) is 91.1 cm³/mol. The van der Waals surface area contributed by atoms with Crippen molar-refractivity contribution in [1.82, 2.24) is 19.9 Å². The third-order valence-electron chi connectivity index (χ3n) is 4.35. The summed E-state index contributed by atoms with van der Waals surface area (Å²) in [6.07, 6.45) is 3.33. The summed E-state index contributed by atoms with van der Waals surface area (Å²) in [6.45, 7) is 0.238. The minimum Gasteiger partial charge on any atom is -0.365 e. The second-order valence-corrected chi connectivity index (χ2v) is 6.27. The summed E-state index contributed by atoms with van der Waals surface area (Å²) >= 11 is 0. The maximum Gasteiger partial charge on any atom is 0.270 e. The number of fused-ring (bicyclic) bond motifs is 1. The number of halogens is 1. The highest BCUT2D eigenvalue weighted by atomic mass is 19.1. The highest BCUT2D eigenvalue weighted by Crippen LogP contribution is 2.41. The number of nitrogens with two attached hydrogens (primary N) is 1. The van der Waals surface area contributed by atoms with Gasteiger partial charge in [0.2, 0.25) is 0 Å². The molecule has 0 aliphatic heterocycles. The minimum atomic E-state index is -0.599. The molecule has 1 saturated carbocycles. The van der Waals surface area contributed by atoms with Crippen molar-refractivity contribution in [3.05, 3.63) is 64.9 Å². The van der Waals surface area contributed by atoms with Crippen LogP contribution in [0.2, 0.25) is 0 Å². The lowest BCUT2D eigenvalue weighted by molar-refractivity contribution is 0.0941. The van der Waals surface area contributed by atoms with Gasteiger partial charge in [-0.2, -0.15) is 5.10 Å². The molecule has 0 bridgehead atoms. The molecular formula is C18H16FN5O2. The van der Waals surface area contributed by atoms with Crippen LogP contribution < -0.4 is 11.1 Å². The molecule has 1 aliphatic rings. The molecule has 2 heterocycles. The number of primary amides is 1. The van der Waals surface area contributed by atoms with Crippen LogP contribution in [-0.2, 0) is 6.54 Å². The normalized spacial score (nSPS) is 13.7. The lowest BCUT2D eigenvalue weighted by Gasteiger charge is -2.07. The number of benzene rings is 1. The van der Waals surface area contributed by atoms with Crippen LogP contribution in [0.1, 0.15) is 50.9 Å². The first kappa shape index (κ1) is 16.2. The molecule has 0 saturated heterocycles. The van der Waals surface area contributed by atoms with Gasteiger partial charge in [-0.25, -0.2) is 13.9 Å². The Bertz CT molecular complexity index is 1010. The Balaban J connectivity index is 1.65. The van der Waals surface area contributed by atoms with E-state index < -0.39 is 5.91 Å². The van der Waals surface area contributed by atoms with Crippen LogP contribution in [0, 0.1) is 5.82 Å². The fourth-order valence-corrected chi connectivity index (χ4v) is 2.89. The smallest absolute Gasteiger partial charge is 0.270 e.